The SMILES string of the molecule is C=CCOP(=O)(OCC=C)OCc1c(CO)cccc1OC. The molecule has 1 aromatic carbocycles. The van der Waals surface area contributed by atoms with Gasteiger partial charge in [-0.05, 0) is 11.6 Å². The monoisotopic (exact) mass is 328 g/mol. The van der Waals surface area contributed by atoms with E-state index in [9.17, 15) is 9.67 Å². The van der Waals surface area contributed by atoms with E-state index in [1.54, 1.807) is 18.2 Å². The molecule has 1 rings (SSSR count). The number of ether oxygens (including phenoxy) is 1. The molecule has 0 bridgehead atoms. The number of hydrogen-bond donors (Lipinski definition) is 1. The minimum atomic E-state index is -3.76. The Morgan fingerprint density at radius 3 is 2.32 bits per heavy atom. The van der Waals surface area contributed by atoms with Crippen molar-refractivity contribution in [1.82, 2.24) is 0 Å². The molecule has 0 saturated heterocycles. The summed E-state index contributed by atoms with van der Waals surface area (Å²) >= 11 is 0. The van der Waals surface area contributed by atoms with Crippen molar-refractivity contribution in [2.45, 2.75) is 13.2 Å². The lowest BCUT2D eigenvalue weighted by Gasteiger charge is -2.18. The van der Waals surface area contributed by atoms with Gasteiger partial charge in [-0.15, -0.1) is 13.2 Å². The Labute approximate surface area is 130 Å². The van der Waals surface area contributed by atoms with Crippen LogP contribution in [0, 0.1) is 0 Å². The summed E-state index contributed by atoms with van der Waals surface area (Å²) in [4.78, 5) is 0. The molecular formula is C15H21O6P. The van der Waals surface area contributed by atoms with Gasteiger partial charge in [0.15, 0.2) is 0 Å². The van der Waals surface area contributed by atoms with E-state index < -0.39 is 7.82 Å². The van der Waals surface area contributed by atoms with Gasteiger partial charge in [0.05, 0.1) is 33.5 Å². The van der Waals surface area contributed by atoms with Gasteiger partial charge in [-0.2, -0.15) is 0 Å². The van der Waals surface area contributed by atoms with Gasteiger partial charge in [0.1, 0.15) is 5.75 Å². The molecule has 0 fully saturated rings. The van der Waals surface area contributed by atoms with Crippen LogP contribution < -0.4 is 4.74 Å². The van der Waals surface area contributed by atoms with Crippen molar-refractivity contribution in [3.05, 3.63) is 54.6 Å². The molecule has 0 saturated carbocycles. The summed E-state index contributed by atoms with van der Waals surface area (Å²) in [6.45, 7) is 6.73. The molecule has 0 aliphatic carbocycles. The minimum Gasteiger partial charge on any atom is -0.496 e. The summed E-state index contributed by atoms with van der Waals surface area (Å²) in [7, 11) is -2.26. The number of rotatable bonds is 11. The van der Waals surface area contributed by atoms with E-state index in [0.29, 0.717) is 16.9 Å². The summed E-state index contributed by atoms with van der Waals surface area (Å²) in [5.41, 5.74) is 1.19. The Kier molecular flexibility index (Phi) is 8.09. The standard InChI is InChI=1S/C15H21O6P/c1-4-9-19-22(17,20-10-5-2)21-12-14-13(11-16)7-6-8-15(14)18-3/h4-8,16H,1-2,9-12H2,3H3. The van der Waals surface area contributed by atoms with Gasteiger partial charge in [-0.1, -0.05) is 24.3 Å². The molecule has 0 aromatic heterocycles. The lowest BCUT2D eigenvalue weighted by Crippen LogP contribution is -2.04. The van der Waals surface area contributed by atoms with Crippen LogP contribution in [0.3, 0.4) is 0 Å². The fourth-order valence-electron chi connectivity index (χ4n) is 1.66. The summed E-state index contributed by atoms with van der Waals surface area (Å²) in [5.74, 6) is 0.519. The van der Waals surface area contributed by atoms with Crippen molar-refractivity contribution < 1.29 is 28.0 Å². The number of aliphatic hydroxyl groups excluding tert-OH is 1. The Balaban J connectivity index is 2.90. The topological polar surface area (TPSA) is 74.2 Å². The zero-order chi connectivity index (χ0) is 16.4. The minimum absolute atomic E-state index is 0.0210. The second-order valence-corrected chi connectivity index (χ2v) is 5.81. The van der Waals surface area contributed by atoms with Gasteiger partial charge in [0, 0.05) is 5.56 Å². The summed E-state index contributed by atoms with van der Waals surface area (Å²) in [5, 5.41) is 9.38. The van der Waals surface area contributed by atoms with Crippen molar-refractivity contribution in [3.63, 3.8) is 0 Å². The van der Waals surface area contributed by atoms with Crippen LogP contribution in [0.1, 0.15) is 11.1 Å². The molecule has 0 spiro atoms. The lowest BCUT2D eigenvalue weighted by atomic mass is 10.1. The summed E-state index contributed by atoms with van der Waals surface area (Å²) in [6, 6.07) is 5.19. The van der Waals surface area contributed by atoms with Crippen molar-refractivity contribution in [2.75, 3.05) is 20.3 Å². The van der Waals surface area contributed by atoms with Crippen molar-refractivity contribution in [3.8, 4) is 5.75 Å². The van der Waals surface area contributed by atoms with Crippen LogP contribution in [0.2, 0.25) is 0 Å². The van der Waals surface area contributed by atoms with Crippen LogP contribution in [0.5, 0.6) is 5.75 Å². The molecule has 0 heterocycles. The number of methoxy groups -OCH3 is 1. The zero-order valence-corrected chi connectivity index (χ0v) is 13.5. The fourth-order valence-corrected chi connectivity index (χ4v) is 2.74. The van der Waals surface area contributed by atoms with Gasteiger partial charge in [0.25, 0.3) is 0 Å². The van der Waals surface area contributed by atoms with Crippen LogP contribution in [0.25, 0.3) is 0 Å². The quantitative estimate of drug-likeness (QED) is 0.497. The second-order valence-electron chi connectivity index (χ2n) is 4.15. The maximum Gasteiger partial charge on any atom is 0.475 e. The van der Waals surface area contributed by atoms with Crippen molar-refractivity contribution >= 4 is 7.82 Å². The van der Waals surface area contributed by atoms with Gasteiger partial charge in [0.2, 0.25) is 0 Å². The summed E-state index contributed by atoms with van der Waals surface area (Å²) < 4.78 is 33.2. The Morgan fingerprint density at radius 1 is 1.18 bits per heavy atom. The normalized spacial score (nSPS) is 11.2. The van der Waals surface area contributed by atoms with E-state index in [4.69, 9.17) is 18.3 Å². The highest BCUT2D eigenvalue weighted by atomic mass is 31.2. The third-order valence-corrected chi connectivity index (χ3v) is 4.06. The number of phosphoric acid groups is 1. The van der Waals surface area contributed by atoms with Crippen molar-refractivity contribution in [1.29, 1.82) is 0 Å². The van der Waals surface area contributed by atoms with Gasteiger partial charge >= 0.3 is 7.82 Å². The molecule has 1 N–H and O–H groups in total. The largest absolute Gasteiger partial charge is 0.496 e. The van der Waals surface area contributed by atoms with Gasteiger partial charge in [-0.3, -0.25) is 13.6 Å². The van der Waals surface area contributed by atoms with E-state index in [0.717, 1.165) is 0 Å². The number of aliphatic hydroxyl groups is 1. The van der Waals surface area contributed by atoms with E-state index in [1.165, 1.54) is 19.3 Å². The fraction of sp³-hybridized carbons (Fsp3) is 0.333. The lowest BCUT2D eigenvalue weighted by molar-refractivity contribution is 0.123. The Morgan fingerprint density at radius 2 is 1.82 bits per heavy atom. The first kappa shape index (κ1) is 18.6. The third kappa shape index (κ3) is 5.40. The highest BCUT2D eigenvalue weighted by Crippen LogP contribution is 2.50. The average molecular weight is 328 g/mol. The zero-order valence-electron chi connectivity index (χ0n) is 12.6. The first-order valence-electron chi connectivity index (χ1n) is 6.61. The summed E-state index contributed by atoms with van der Waals surface area (Å²) in [6.07, 6.45) is 2.88. The van der Waals surface area contributed by atoms with E-state index >= 15 is 0 Å². The smallest absolute Gasteiger partial charge is 0.475 e. The molecule has 7 heteroatoms. The van der Waals surface area contributed by atoms with Crippen molar-refractivity contribution in [2.24, 2.45) is 0 Å². The first-order valence-corrected chi connectivity index (χ1v) is 8.07. The second kappa shape index (κ2) is 9.56. The molecule has 0 unspecified atom stereocenters. The number of benzene rings is 1. The maximum absolute atomic E-state index is 12.4. The Hall–Kier alpha value is -1.43. The van der Waals surface area contributed by atoms with E-state index in [-0.39, 0.29) is 26.4 Å². The molecule has 6 nitrogen and oxygen atoms in total. The van der Waals surface area contributed by atoms with Crippen LogP contribution in [0.15, 0.2) is 43.5 Å². The van der Waals surface area contributed by atoms with Crippen LogP contribution in [-0.4, -0.2) is 25.4 Å². The molecule has 0 aliphatic heterocycles. The Bertz CT molecular complexity index is 505. The van der Waals surface area contributed by atoms with Crippen LogP contribution in [0.4, 0.5) is 0 Å². The molecule has 1 aromatic rings. The first-order chi connectivity index (χ1) is 10.6. The predicted octanol–water partition coefficient (Wildman–Crippen LogP) is 3.22. The van der Waals surface area contributed by atoms with Crippen LogP contribution >= 0.6 is 7.82 Å². The third-order valence-electron chi connectivity index (χ3n) is 2.69. The molecule has 122 valence electrons. The highest BCUT2D eigenvalue weighted by molar-refractivity contribution is 7.48. The van der Waals surface area contributed by atoms with E-state index in [2.05, 4.69) is 13.2 Å². The molecule has 0 radical (unpaired) electrons. The number of hydrogen-bond acceptors (Lipinski definition) is 6. The van der Waals surface area contributed by atoms with Gasteiger partial charge in [-0.25, -0.2) is 4.57 Å². The molecule has 0 atom stereocenters. The molecule has 0 aliphatic rings. The maximum atomic E-state index is 12.4. The van der Waals surface area contributed by atoms with E-state index in [1.807, 2.05) is 0 Å². The molecule has 22 heavy (non-hydrogen) atoms. The highest BCUT2D eigenvalue weighted by Gasteiger charge is 2.27. The molecule has 0 amide bonds. The van der Waals surface area contributed by atoms with Crippen LogP contribution in [-0.2, 0) is 31.4 Å². The number of phosphoric ester groups is 1. The molecular weight excluding hydrogens is 307 g/mol. The average Bonchev–Trinajstić information content (AvgIpc) is 2.56. The predicted molar refractivity (Wildman–Crippen MR) is 83.6 cm³/mol. The van der Waals surface area contributed by atoms with Gasteiger partial charge < -0.3 is 9.84 Å².